The van der Waals surface area contributed by atoms with Crippen LogP contribution in [0.1, 0.15) is 16.8 Å². The fourth-order valence-corrected chi connectivity index (χ4v) is 4.70. The van der Waals surface area contributed by atoms with Gasteiger partial charge in [0, 0.05) is 45.0 Å². The first-order valence-electron chi connectivity index (χ1n) is 11.7. The summed E-state index contributed by atoms with van der Waals surface area (Å²) in [5.41, 5.74) is -2.40. The number of aliphatic hydroxyl groups excluding tert-OH is 1. The number of likely N-dealkylation sites (tertiary alicyclic amines) is 1. The maximum atomic E-state index is 13.6. The van der Waals surface area contributed by atoms with E-state index >= 15 is 0 Å². The van der Waals surface area contributed by atoms with E-state index in [1.807, 2.05) is 4.90 Å². The summed E-state index contributed by atoms with van der Waals surface area (Å²) in [5.74, 6) is -3.62. The molecule has 0 spiro atoms. The second-order valence-corrected chi connectivity index (χ2v) is 9.19. The summed E-state index contributed by atoms with van der Waals surface area (Å²) in [4.78, 5) is 41.8. The summed E-state index contributed by atoms with van der Waals surface area (Å²) < 4.78 is 12.2. The minimum atomic E-state index is -1.08. The van der Waals surface area contributed by atoms with Gasteiger partial charge >= 0.3 is 5.97 Å². The lowest BCUT2D eigenvalue weighted by Crippen LogP contribution is -2.27. The van der Waals surface area contributed by atoms with E-state index in [-0.39, 0.29) is 34.2 Å². The Balaban J connectivity index is 1.61. The van der Waals surface area contributed by atoms with E-state index in [1.165, 1.54) is 16.8 Å². The number of fused-ring (bicyclic) bond motifs is 2. The maximum Gasteiger partial charge on any atom is 0.343 e. The molecule has 198 valence electrons. The fraction of sp³-hybridized carbons (Fsp3) is 0.269. The first-order chi connectivity index (χ1) is 18.1. The van der Waals surface area contributed by atoms with Crippen molar-refractivity contribution >= 4 is 27.8 Å². The van der Waals surface area contributed by atoms with Crippen LogP contribution in [0.3, 0.4) is 0 Å². The molecule has 1 fully saturated rings. The summed E-state index contributed by atoms with van der Waals surface area (Å²) in [6.07, 6.45) is 2.48. The number of pyridine rings is 1. The van der Waals surface area contributed by atoms with E-state index in [2.05, 4.69) is 0 Å². The topological polar surface area (TPSA) is 183 Å². The zero-order valence-electron chi connectivity index (χ0n) is 20.2. The van der Waals surface area contributed by atoms with Gasteiger partial charge in [-0.1, -0.05) is 0 Å². The maximum absolute atomic E-state index is 13.6. The summed E-state index contributed by atoms with van der Waals surface area (Å²) in [6, 6.07) is 3.25. The number of carbonyl (C=O) groups excluding carboxylic acids is 1. The molecule has 12 heteroatoms. The number of hydrogen-bond acceptors (Lipinski definition) is 11. The molecule has 0 amide bonds. The van der Waals surface area contributed by atoms with Crippen LogP contribution in [-0.4, -0.2) is 73.3 Å². The predicted octanol–water partition coefficient (Wildman–Crippen LogP) is 1.36. The number of benzene rings is 2. The third-order valence-electron chi connectivity index (χ3n) is 6.69. The average molecular weight is 524 g/mol. The molecule has 1 aliphatic rings. The minimum Gasteiger partial charge on any atom is -0.504 e. The standard InChI is InChI=1S/C26H24N2O10/c1-27-10-14(23(33)13-6-17(30)18(31)7-16(13)27)15-11-38-20-8-19(32)25(35)22(21(20)24(15)34)26(36)37-5-4-28-3-2-12(29)9-28/h6-8,10-12,29-32,35H,2-5,9H2,1H3. The third kappa shape index (κ3) is 4.19. The highest BCUT2D eigenvalue weighted by Crippen LogP contribution is 2.36. The number of hydrogen-bond donors (Lipinski definition) is 5. The van der Waals surface area contributed by atoms with E-state index < -0.39 is 56.9 Å². The minimum absolute atomic E-state index is 0.0139. The lowest BCUT2D eigenvalue weighted by Gasteiger charge is -2.15. The number of ether oxygens (including phenoxy) is 1. The van der Waals surface area contributed by atoms with E-state index in [0.717, 1.165) is 18.4 Å². The lowest BCUT2D eigenvalue weighted by molar-refractivity contribution is 0.0465. The molecule has 0 radical (unpaired) electrons. The van der Waals surface area contributed by atoms with Crippen molar-refractivity contribution in [3.05, 3.63) is 56.7 Å². The fourth-order valence-electron chi connectivity index (χ4n) is 4.70. The Labute approximate surface area is 213 Å². The van der Waals surface area contributed by atoms with Crippen molar-refractivity contribution in [2.45, 2.75) is 12.5 Å². The van der Waals surface area contributed by atoms with Gasteiger partial charge < -0.3 is 39.3 Å². The van der Waals surface area contributed by atoms with Gasteiger partial charge in [0.1, 0.15) is 24.0 Å². The van der Waals surface area contributed by atoms with Gasteiger partial charge in [-0.3, -0.25) is 14.5 Å². The normalized spacial score (nSPS) is 15.9. The van der Waals surface area contributed by atoms with Crippen molar-refractivity contribution in [2.24, 2.45) is 7.05 Å². The SMILES string of the molecule is Cn1cc(-c2coc3cc(O)c(O)c(C(=O)OCCN4CCC(O)C4)c3c2=O)c(=O)c2cc(O)c(O)cc21. The van der Waals surface area contributed by atoms with Crippen molar-refractivity contribution in [1.29, 1.82) is 0 Å². The van der Waals surface area contributed by atoms with Crippen molar-refractivity contribution in [1.82, 2.24) is 9.47 Å². The third-order valence-corrected chi connectivity index (χ3v) is 6.69. The van der Waals surface area contributed by atoms with Crippen LogP contribution < -0.4 is 10.9 Å². The first kappa shape index (κ1) is 25.1. The molecular weight excluding hydrogens is 500 g/mol. The molecule has 5 N–H and O–H groups in total. The number of aliphatic hydroxyl groups is 1. The van der Waals surface area contributed by atoms with Gasteiger partial charge in [0.2, 0.25) is 5.43 Å². The van der Waals surface area contributed by atoms with Crippen LogP contribution in [-0.2, 0) is 11.8 Å². The molecule has 0 aliphatic carbocycles. The number of esters is 1. The van der Waals surface area contributed by atoms with Crippen LogP contribution >= 0.6 is 0 Å². The summed E-state index contributed by atoms with van der Waals surface area (Å²) in [7, 11) is 1.57. The van der Waals surface area contributed by atoms with Gasteiger partial charge in [0.25, 0.3) is 0 Å². The molecule has 1 atom stereocenters. The van der Waals surface area contributed by atoms with Crippen LogP contribution in [0.5, 0.6) is 23.0 Å². The largest absolute Gasteiger partial charge is 0.504 e. The highest BCUT2D eigenvalue weighted by molar-refractivity contribution is 6.07. The highest BCUT2D eigenvalue weighted by atomic mass is 16.5. The molecule has 38 heavy (non-hydrogen) atoms. The summed E-state index contributed by atoms with van der Waals surface area (Å²) in [5, 5.41) is 49.6. The van der Waals surface area contributed by atoms with Crippen LogP contribution in [0.15, 0.2) is 44.7 Å². The monoisotopic (exact) mass is 524 g/mol. The van der Waals surface area contributed by atoms with Crippen molar-refractivity contribution in [3.63, 3.8) is 0 Å². The molecule has 2 aromatic carbocycles. The highest BCUT2D eigenvalue weighted by Gasteiger charge is 2.27. The second kappa shape index (κ2) is 9.39. The van der Waals surface area contributed by atoms with Crippen molar-refractivity contribution in [2.75, 3.05) is 26.2 Å². The number of phenols is 4. The number of β-amino-alcohol motifs (C(OH)–C–C–N with tert-alkyl or cyclic N) is 1. The van der Waals surface area contributed by atoms with Gasteiger partial charge in [0.15, 0.2) is 28.4 Å². The smallest absolute Gasteiger partial charge is 0.343 e. The summed E-state index contributed by atoms with van der Waals surface area (Å²) in [6.45, 7) is 1.28. The Morgan fingerprint density at radius 3 is 2.50 bits per heavy atom. The molecule has 4 aromatic rings. The Morgan fingerprint density at radius 2 is 1.79 bits per heavy atom. The predicted molar refractivity (Wildman–Crippen MR) is 135 cm³/mol. The zero-order valence-corrected chi connectivity index (χ0v) is 20.2. The number of aromatic hydroxyl groups is 4. The van der Waals surface area contributed by atoms with E-state index in [1.54, 1.807) is 7.05 Å². The average Bonchev–Trinajstić information content (AvgIpc) is 3.29. The number of phenolic OH excluding ortho intramolecular Hbond substituents is 4. The van der Waals surface area contributed by atoms with Gasteiger partial charge in [0.05, 0.1) is 33.5 Å². The molecule has 5 rings (SSSR count). The van der Waals surface area contributed by atoms with Gasteiger partial charge in [-0.25, -0.2) is 4.79 Å². The van der Waals surface area contributed by atoms with Gasteiger partial charge in [-0.15, -0.1) is 0 Å². The number of aryl methyl sites for hydroxylation is 1. The molecule has 1 unspecified atom stereocenters. The second-order valence-electron chi connectivity index (χ2n) is 9.19. The van der Waals surface area contributed by atoms with Gasteiger partial charge in [-0.05, 0) is 12.5 Å². The quantitative estimate of drug-likeness (QED) is 0.188. The van der Waals surface area contributed by atoms with Crippen LogP contribution in [0.2, 0.25) is 0 Å². The number of aromatic nitrogens is 1. The number of rotatable bonds is 5. The van der Waals surface area contributed by atoms with Crippen LogP contribution in [0, 0.1) is 0 Å². The Hall–Kier alpha value is -4.55. The Kier molecular flexibility index (Phi) is 6.21. The molecular formula is C26H24N2O10. The number of nitrogens with zero attached hydrogens (tertiary/aromatic N) is 2. The Bertz CT molecular complexity index is 1720. The molecule has 1 aliphatic heterocycles. The van der Waals surface area contributed by atoms with Crippen molar-refractivity contribution < 1.29 is 39.5 Å². The van der Waals surface area contributed by atoms with Gasteiger partial charge in [-0.2, -0.15) is 0 Å². The molecule has 12 nitrogen and oxygen atoms in total. The van der Waals surface area contributed by atoms with Crippen LogP contribution in [0.4, 0.5) is 0 Å². The zero-order chi connectivity index (χ0) is 27.3. The lowest BCUT2D eigenvalue weighted by atomic mass is 10.0. The van der Waals surface area contributed by atoms with E-state index in [9.17, 15) is 39.9 Å². The van der Waals surface area contributed by atoms with E-state index in [4.69, 9.17) is 9.15 Å². The summed E-state index contributed by atoms with van der Waals surface area (Å²) >= 11 is 0. The first-order valence-corrected chi connectivity index (χ1v) is 11.7. The number of carbonyl (C=O) groups is 1. The molecule has 0 saturated carbocycles. The molecule has 2 aromatic heterocycles. The molecule has 0 bridgehead atoms. The van der Waals surface area contributed by atoms with Crippen LogP contribution in [0.25, 0.3) is 33.0 Å². The molecule has 3 heterocycles. The molecule has 1 saturated heterocycles. The van der Waals surface area contributed by atoms with Crippen molar-refractivity contribution in [3.8, 4) is 34.1 Å². The van der Waals surface area contributed by atoms with E-state index in [0.29, 0.717) is 26.1 Å². The Morgan fingerprint density at radius 1 is 1.05 bits per heavy atom.